The number of carbonyl (C=O) groups excluding carboxylic acids is 1. The van der Waals surface area contributed by atoms with Crippen LogP contribution in [0.5, 0.6) is 0 Å². The first-order valence-corrected chi connectivity index (χ1v) is 4.44. The van der Waals surface area contributed by atoms with E-state index in [1.54, 1.807) is 0 Å². The minimum Gasteiger partial charge on any atom is -0.477 e. The van der Waals surface area contributed by atoms with Gasteiger partial charge in [0.25, 0.3) is 0 Å². The van der Waals surface area contributed by atoms with Crippen molar-refractivity contribution in [3.8, 4) is 0 Å². The third kappa shape index (κ3) is 1.81. The number of esters is 1. The highest BCUT2D eigenvalue weighted by Gasteiger charge is 2.82. The van der Waals surface area contributed by atoms with Crippen molar-refractivity contribution in [2.45, 2.75) is 31.3 Å². The first kappa shape index (κ1) is 11.9. The Morgan fingerprint density at radius 3 is 2.33 bits per heavy atom. The number of hydrogen-bond acceptors (Lipinski definition) is 6. The molecule has 0 aliphatic carbocycles. The number of hydrogen-bond donors (Lipinski definition) is 3. The molecule has 7 heteroatoms. The molecule has 86 valence electrons. The second kappa shape index (κ2) is 3.76. The lowest BCUT2D eigenvalue weighted by atomic mass is 10.2. The highest BCUT2D eigenvalue weighted by molar-refractivity contribution is 5.93. The number of aliphatic hydroxyl groups is 2. The molecule has 0 unspecified atom stereocenters. The average molecular weight is 220 g/mol. The molecule has 1 aliphatic heterocycles. The quantitative estimate of drug-likeness (QED) is 0.303. The van der Waals surface area contributed by atoms with Crippen LogP contribution in [0.2, 0.25) is 0 Å². The van der Waals surface area contributed by atoms with Gasteiger partial charge in [-0.25, -0.2) is 9.59 Å². The maximum Gasteiger partial charge on any atom is 0.373 e. The first-order chi connectivity index (χ1) is 6.88. The fraction of sp³-hybridized carbons (Fsp3) is 0.750. The summed E-state index contributed by atoms with van der Waals surface area (Å²) >= 11 is 0. The number of carboxylic acids is 1. The van der Waals surface area contributed by atoms with Gasteiger partial charge in [0.2, 0.25) is 0 Å². The molecular formula is C8H12O7. The first-order valence-electron chi connectivity index (χ1n) is 4.44. The Kier molecular flexibility index (Phi) is 2.98. The van der Waals surface area contributed by atoms with Gasteiger partial charge >= 0.3 is 23.5 Å². The van der Waals surface area contributed by atoms with Crippen LogP contribution in [-0.2, 0) is 19.1 Å². The van der Waals surface area contributed by atoms with E-state index < -0.39 is 23.5 Å². The van der Waals surface area contributed by atoms with Crippen LogP contribution in [0.15, 0.2) is 0 Å². The Morgan fingerprint density at radius 1 is 1.33 bits per heavy atom. The maximum atomic E-state index is 11.1. The van der Waals surface area contributed by atoms with Crippen LogP contribution in [0.4, 0.5) is 0 Å². The summed E-state index contributed by atoms with van der Waals surface area (Å²) in [7, 11) is 0. The molecule has 1 aliphatic rings. The maximum absolute atomic E-state index is 11.1. The number of ether oxygens (including phenoxy) is 2. The molecule has 1 rings (SSSR count). The lowest BCUT2D eigenvalue weighted by Gasteiger charge is -2.06. The second-order valence-corrected chi connectivity index (χ2v) is 3.18. The van der Waals surface area contributed by atoms with Gasteiger partial charge in [0, 0.05) is 0 Å². The molecule has 0 bridgehead atoms. The third-order valence-corrected chi connectivity index (χ3v) is 2.01. The molecule has 0 saturated carbocycles. The normalized spacial score (nSPS) is 33.5. The molecule has 2 atom stereocenters. The van der Waals surface area contributed by atoms with E-state index in [1.807, 2.05) is 6.92 Å². The monoisotopic (exact) mass is 220 g/mol. The number of carboxylic acid groups (broad SMARTS) is 1. The van der Waals surface area contributed by atoms with Crippen LogP contribution in [0, 0.1) is 0 Å². The van der Waals surface area contributed by atoms with Crippen molar-refractivity contribution in [1.82, 2.24) is 0 Å². The summed E-state index contributed by atoms with van der Waals surface area (Å²) in [5, 5.41) is 26.8. The third-order valence-electron chi connectivity index (χ3n) is 2.01. The van der Waals surface area contributed by atoms with E-state index in [9.17, 15) is 14.7 Å². The number of unbranched alkanes of at least 4 members (excludes halogenated alkanes) is 1. The van der Waals surface area contributed by atoms with Gasteiger partial charge in [0.1, 0.15) is 0 Å². The summed E-state index contributed by atoms with van der Waals surface area (Å²) in [6, 6.07) is 0. The lowest BCUT2D eigenvalue weighted by molar-refractivity contribution is -0.170. The molecular weight excluding hydrogens is 208 g/mol. The van der Waals surface area contributed by atoms with Crippen molar-refractivity contribution < 1.29 is 34.4 Å². The molecule has 0 aromatic heterocycles. The Hall–Kier alpha value is -1.18. The smallest absolute Gasteiger partial charge is 0.373 e. The number of carbonyl (C=O) groups is 2. The molecule has 1 fully saturated rings. The summed E-state index contributed by atoms with van der Waals surface area (Å²) < 4.78 is 8.60. The number of aliphatic carboxylic acids is 1. The fourth-order valence-corrected chi connectivity index (χ4v) is 0.964. The summed E-state index contributed by atoms with van der Waals surface area (Å²) in [6.07, 6.45) is 1.35. The predicted octanol–water partition coefficient (Wildman–Crippen LogP) is -1.18. The molecule has 7 nitrogen and oxygen atoms in total. The van der Waals surface area contributed by atoms with Gasteiger partial charge in [0.15, 0.2) is 0 Å². The van der Waals surface area contributed by atoms with Gasteiger partial charge < -0.3 is 20.1 Å². The van der Waals surface area contributed by atoms with Gasteiger partial charge in [-0.3, -0.25) is 4.74 Å². The van der Waals surface area contributed by atoms with Crippen LogP contribution in [0.3, 0.4) is 0 Å². The van der Waals surface area contributed by atoms with Crippen molar-refractivity contribution in [2.75, 3.05) is 6.61 Å². The topological polar surface area (TPSA) is 117 Å². The Labute approximate surface area is 85.2 Å². The molecule has 0 aromatic carbocycles. The summed E-state index contributed by atoms with van der Waals surface area (Å²) in [5.41, 5.74) is 0. The minimum absolute atomic E-state index is 0.0384. The van der Waals surface area contributed by atoms with Gasteiger partial charge in [-0.1, -0.05) is 13.3 Å². The zero-order chi connectivity index (χ0) is 11.7. The van der Waals surface area contributed by atoms with E-state index in [0.717, 1.165) is 6.42 Å². The largest absolute Gasteiger partial charge is 0.477 e. The number of epoxide rings is 1. The Balaban J connectivity index is 2.52. The molecule has 1 saturated heterocycles. The van der Waals surface area contributed by atoms with E-state index in [1.165, 1.54) is 0 Å². The van der Waals surface area contributed by atoms with Gasteiger partial charge in [-0.15, -0.1) is 0 Å². The van der Waals surface area contributed by atoms with Gasteiger partial charge in [-0.2, -0.15) is 0 Å². The summed E-state index contributed by atoms with van der Waals surface area (Å²) in [4.78, 5) is 21.5. The number of rotatable bonds is 5. The van der Waals surface area contributed by atoms with Crippen molar-refractivity contribution in [1.29, 1.82) is 0 Å². The average Bonchev–Trinajstić information content (AvgIpc) is 2.73. The van der Waals surface area contributed by atoms with Crippen molar-refractivity contribution in [3.05, 3.63) is 0 Å². The fourth-order valence-electron chi connectivity index (χ4n) is 0.964. The molecule has 3 N–H and O–H groups in total. The van der Waals surface area contributed by atoms with Crippen molar-refractivity contribution in [3.63, 3.8) is 0 Å². The van der Waals surface area contributed by atoms with Crippen LogP contribution in [0.25, 0.3) is 0 Å². The Morgan fingerprint density at radius 2 is 1.93 bits per heavy atom. The van der Waals surface area contributed by atoms with Gasteiger partial charge in [-0.05, 0) is 6.42 Å². The standard InChI is InChI=1S/C8H12O7/c1-2-3-4-14-6(11)8(13)7(12,15-8)5(9)10/h12-13H,2-4H2,1H3,(H,9,10)/t7-,8-/m0/s1. The molecule has 0 spiro atoms. The van der Waals surface area contributed by atoms with Crippen LogP contribution < -0.4 is 0 Å². The minimum atomic E-state index is -2.88. The second-order valence-electron chi connectivity index (χ2n) is 3.18. The van der Waals surface area contributed by atoms with E-state index in [4.69, 9.17) is 10.2 Å². The predicted molar refractivity (Wildman–Crippen MR) is 44.5 cm³/mol. The highest BCUT2D eigenvalue weighted by atomic mass is 16.9. The molecule has 15 heavy (non-hydrogen) atoms. The summed E-state index contributed by atoms with van der Waals surface area (Å²) in [6.45, 7) is 1.90. The molecule has 0 radical (unpaired) electrons. The van der Waals surface area contributed by atoms with Gasteiger partial charge in [0.05, 0.1) is 6.61 Å². The van der Waals surface area contributed by atoms with E-state index in [-0.39, 0.29) is 6.61 Å². The van der Waals surface area contributed by atoms with E-state index in [2.05, 4.69) is 9.47 Å². The molecule has 0 amide bonds. The summed E-state index contributed by atoms with van der Waals surface area (Å²) in [5.74, 6) is -8.78. The van der Waals surface area contributed by atoms with E-state index in [0.29, 0.717) is 6.42 Å². The Bertz CT molecular complexity index is 289. The SMILES string of the molecule is CCCCOC(=O)[C@]1(O)O[C@@]1(O)C(=O)O. The lowest BCUT2D eigenvalue weighted by Crippen LogP contribution is -2.40. The highest BCUT2D eigenvalue weighted by Crippen LogP contribution is 2.44. The zero-order valence-corrected chi connectivity index (χ0v) is 8.10. The zero-order valence-electron chi connectivity index (χ0n) is 8.10. The molecule has 1 heterocycles. The van der Waals surface area contributed by atoms with Crippen LogP contribution in [-0.4, -0.2) is 45.4 Å². The van der Waals surface area contributed by atoms with Crippen LogP contribution in [0.1, 0.15) is 19.8 Å². The van der Waals surface area contributed by atoms with Crippen LogP contribution >= 0.6 is 0 Å². The molecule has 0 aromatic rings. The van der Waals surface area contributed by atoms with Crippen molar-refractivity contribution >= 4 is 11.9 Å². The van der Waals surface area contributed by atoms with Crippen molar-refractivity contribution in [2.24, 2.45) is 0 Å². The van der Waals surface area contributed by atoms with E-state index >= 15 is 0 Å².